The Morgan fingerprint density at radius 2 is 0.818 bits per heavy atom. The van der Waals surface area contributed by atoms with Crippen molar-refractivity contribution >= 4 is 24.8 Å². The van der Waals surface area contributed by atoms with Gasteiger partial charge in [0.1, 0.15) is 0 Å². The Kier molecular flexibility index (Phi) is 16.8. The average Bonchev–Trinajstić information content (AvgIpc) is 2.51. The first-order valence-electron chi connectivity index (χ1n) is 6.30. The van der Waals surface area contributed by atoms with Crippen LogP contribution in [0.25, 0.3) is 0 Å². The Balaban J connectivity index is -0.00000180. The number of aliphatic hydroxyl groups is 7. The molecule has 0 unspecified atom stereocenters. The molecule has 0 spiro atoms. The summed E-state index contributed by atoms with van der Waals surface area (Å²) in [7, 11) is 0. The van der Waals surface area contributed by atoms with E-state index in [0.29, 0.717) is 0 Å². The number of rotatable bonds is 12. The molecule has 0 aromatic rings. The molecule has 0 heterocycles. The zero-order chi connectivity index (χ0) is 15.6. The topological polar surface area (TPSA) is 166 Å². The molecule has 138 valence electrons. The number of aliphatic hydroxyl groups excluding tert-OH is 7. The molecule has 0 aliphatic carbocycles. The van der Waals surface area contributed by atoms with Crippen molar-refractivity contribution in [3.05, 3.63) is 0 Å². The van der Waals surface area contributed by atoms with Gasteiger partial charge in [-0.2, -0.15) is 0 Å². The third kappa shape index (κ3) is 8.18. The Labute approximate surface area is 141 Å². The summed E-state index contributed by atoms with van der Waals surface area (Å²) in [5, 5.41) is 69.5. The smallest absolute Gasteiger partial charge is 0.0882 e. The van der Waals surface area contributed by atoms with Crippen LogP contribution < -0.4 is 10.6 Å². The lowest BCUT2D eigenvalue weighted by Gasteiger charge is -2.32. The summed E-state index contributed by atoms with van der Waals surface area (Å²) >= 11 is 0. The van der Waals surface area contributed by atoms with Crippen LogP contribution in [0.4, 0.5) is 0 Å². The zero-order valence-electron chi connectivity index (χ0n) is 12.2. The van der Waals surface area contributed by atoms with Crippen LogP contribution in [0.15, 0.2) is 0 Å². The minimum Gasteiger partial charge on any atom is -0.394 e. The third-order valence-corrected chi connectivity index (χ3v) is 3.24. The fraction of sp³-hybridized carbons (Fsp3) is 1.00. The minimum atomic E-state index is -1.29. The van der Waals surface area contributed by atoms with Crippen LogP contribution in [0.3, 0.4) is 0 Å². The van der Waals surface area contributed by atoms with Crippen LogP contribution in [0.1, 0.15) is 0 Å². The number of β-amino-alcohol motifs (C(OH)–C–C–N with tert-alkyl or cyclic N) is 1. The summed E-state index contributed by atoms with van der Waals surface area (Å²) in [6, 6.07) is 0. The van der Waals surface area contributed by atoms with E-state index in [1.807, 2.05) is 0 Å². The van der Waals surface area contributed by atoms with Gasteiger partial charge in [-0.15, -0.1) is 24.8 Å². The SMILES string of the molecule is Cl.Cl.OCC(CO)(CO)NCC(O)CNC(CO)(CO)CO. The summed E-state index contributed by atoms with van der Waals surface area (Å²) in [4.78, 5) is 0. The molecule has 0 aliphatic rings. The highest BCUT2D eigenvalue weighted by Crippen LogP contribution is 2.03. The lowest BCUT2D eigenvalue weighted by molar-refractivity contribution is 0.0204. The molecule has 0 rings (SSSR count). The van der Waals surface area contributed by atoms with Gasteiger partial charge in [-0.3, -0.25) is 0 Å². The molecule has 0 saturated heterocycles. The third-order valence-electron chi connectivity index (χ3n) is 3.24. The first-order valence-corrected chi connectivity index (χ1v) is 6.30. The summed E-state index contributed by atoms with van der Waals surface area (Å²) in [5.74, 6) is 0. The van der Waals surface area contributed by atoms with E-state index in [9.17, 15) is 5.11 Å². The van der Waals surface area contributed by atoms with Gasteiger partial charge in [-0.05, 0) is 0 Å². The van der Waals surface area contributed by atoms with E-state index in [-0.39, 0.29) is 37.9 Å². The highest BCUT2D eigenvalue weighted by Gasteiger charge is 2.30. The van der Waals surface area contributed by atoms with Gasteiger partial charge in [-0.25, -0.2) is 0 Å². The van der Waals surface area contributed by atoms with Gasteiger partial charge in [-0.1, -0.05) is 0 Å². The predicted molar refractivity (Wildman–Crippen MR) is 84.5 cm³/mol. The van der Waals surface area contributed by atoms with Crippen molar-refractivity contribution in [2.45, 2.75) is 17.2 Å². The lowest BCUT2D eigenvalue weighted by atomic mass is 10.0. The molecule has 0 fully saturated rings. The van der Waals surface area contributed by atoms with E-state index < -0.39 is 56.8 Å². The van der Waals surface area contributed by atoms with E-state index in [1.165, 1.54) is 0 Å². The van der Waals surface area contributed by atoms with Crippen LogP contribution in [-0.4, -0.2) is 106 Å². The Bertz CT molecular complexity index is 216. The molecule has 22 heavy (non-hydrogen) atoms. The maximum atomic E-state index is 9.73. The monoisotopic (exact) mass is 370 g/mol. The first kappa shape index (κ1) is 27.1. The lowest BCUT2D eigenvalue weighted by Crippen LogP contribution is -2.60. The van der Waals surface area contributed by atoms with Crippen molar-refractivity contribution in [1.82, 2.24) is 10.6 Å². The molecule has 0 bridgehead atoms. The quantitative estimate of drug-likeness (QED) is 0.165. The second-order valence-corrected chi connectivity index (χ2v) is 4.92. The van der Waals surface area contributed by atoms with E-state index in [2.05, 4.69) is 10.6 Å². The van der Waals surface area contributed by atoms with Crippen molar-refractivity contribution in [3.8, 4) is 0 Å². The maximum Gasteiger partial charge on any atom is 0.0882 e. The van der Waals surface area contributed by atoms with E-state index >= 15 is 0 Å². The van der Waals surface area contributed by atoms with E-state index in [4.69, 9.17) is 30.6 Å². The van der Waals surface area contributed by atoms with Crippen molar-refractivity contribution in [1.29, 1.82) is 0 Å². The molecule has 0 radical (unpaired) electrons. The summed E-state index contributed by atoms with van der Waals surface area (Å²) in [6.45, 7) is -3.13. The predicted octanol–water partition coefficient (Wildman–Crippen LogP) is -4.20. The van der Waals surface area contributed by atoms with Crippen LogP contribution >= 0.6 is 24.8 Å². The van der Waals surface area contributed by atoms with Gasteiger partial charge < -0.3 is 46.4 Å². The number of nitrogens with one attached hydrogen (secondary N) is 2. The van der Waals surface area contributed by atoms with Crippen molar-refractivity contribution in [2.75, 3.05) is 52.7 Å². The molecule has 0 amide bonds. The Morgan fingerprint density at radius 3 is 1.00 bits per heavy atom. The normalized spacial score (nSPS) is 12.0. The first-order chi connectivity index (χ1) is 9.46. The molecule has 0 aromatic carbocycles. The zero-order valence-corrected chi connectivity index (χ0v) is 13.8. The average molecular weight is 371 g/mol. The molecule has 9 nitrogen and oxygen atoms in total. The van der Waals surface area contributed by atoms with E-state index in [0.717, 1.165) is 0 Å². The molecule has 0 aromatic heterocycles. The molecule has 0 aliphatic heterocycles. The fourth-order valence-electron chi connectivity index (χ4n) is 1.38. The molecule has 0 atom stereocenters. The fourth-order valence-corrected chi connectivity index (χ4v) is 1.38. The second-order valence-electron chi connectivity index (χ2n) is 4.92. The number of halogens is 2. The molecule has 9 N–H and O–H groups in total. The van der Waals surface area contributed by atoms with Crippen molar-refractivity contribution in [2.24, 2.45) is 0 Å². The molecule has 11 heteroatoms. The highest BCUT2D eigenvalue weighted by atomic mass is 35.5. The van der Waals surface area contributed by atoms with Crippen molar-refractivity contribution < 1.29 is 35.7 Å². The van der Waals surface area contributed by atoms with E-state index in [1.54, 1.807) is 0 Å². The summed E-state index contributed by atoms with van der Waals surface area (Å²) < 4.78 is 0. The van der Waals surface area contributed by atoms with Crippen LogP contribution in [0, 0.1) is 0 Å². The van der Waals surface area contributed by atoms with Crippen LogP contribution in [0.5, 0.6) is 0 Å². The second kappa shape index (κ2) is 13.6. The standard InChI is InChI=1S/C11H26N2O7.2ClH/c14-3-10(4-15,5-16)12-1-9(20)2-13-11(6-17,7-18)8-19;;/h9,12-20H,1-8H2;2*1H. The van der Waals surface area contributed by atoms with Gasteiger partial charge in [0.2, 0.25) is 0 Å². The molecule has 0 saturated carbocycles. The Morgan fingerprint density at radius 1 is 0.591 bits per heavy atom. The summed E-state index contributed by atoms with van der Waals surface area (Å²) in [6.07, 6.45) is -0.983. The highest BCUT2D eigenvalue weighted by molar-refractivity contribution is 5.85. The maximum absolute atomic E-state index is 9.73. The van der Waals surface area contributed by atoms with Gasteiger partial charge in [0, 0.05) is 13.1 Å². The van der Waals surface area contributed by atoms with Gasteiger partial charge in [0.05, 0.1) is 56.8 Å². The van der Waals surface area contributed by atoms with Crippen LogP contribution in [0.2, 0.25) is 0 Å². The number of hydrogen-bond acceptors (Lipinski definition) is 9. The number of hydrogen-bond donors (Lipinski definition) is 9. The van der Waals surface area contributed by atoms with Gasteiger partial charge >= 0.3 is 0 Å². The summed E-state index contributed by atoms with van der Waals surface area (Å²) in [5.41, 5.74) is -2.58. The largest absolute Gasteiger partial charge is 0.394 e. The van der Waals surface area contributed by atoms with Crippen LogP contribution in [-0.2, 0) is 0 Å². The van der Waals surface area contributed by atoms with Gasteiger partial charge in [0.25, 0.3) is 0 Å². The van der Waals surface area contributed by atoms with Gasteiger partial charge in [0.15, 0.2) is 0 Å². The van der Waals surface area contributed by atoms with Crippen molar-refractivity contribution in [3.63, 3.8) is 0 Å². The Hall–Kier alpha value is 0.220. The minimum absolute atomic E-state index is 0. The molecular weight excluding hydrogens is 343 g/mol. The molecular formula is C11H28Cl2N2O7.